The molecule has 0 aliphatic heterocycles. The van der Waals surface area contributed by atoms with E-state index in [2.05, 4.69) is 5.32 Å². The van der Waals surface area contributed by atoms with Crippen LogP contribution in [0.3, 0.4) is 0 Å². The zero-order valence-corrected chi connectivity index (χ0v) is 13.3. The van der Waals surface area contributed by atoms with Gasteiger partial charge in [-0.2, -0.15) is 0 Å². The van der Waals surface area contributed by atoms with Gasteiger partial charge >= 0.3 is 0 Å². The summed E-state index contributed by atoms with van der Waals surface area (Å²) in [5.41, 5.74) is 4.92. The van der Waals surface area contributed by atoms with Crippen LogP contribution in [-0.4, -0.2) is 30.7 Å². The molecule has 112 valence electrons. The number of carbonyl (C=O) groups excluding carboxylic acids is 2. The Kier molecular flexibility index (Phi) is 6.87. The van der Waals surface area contributed by atoms with Crippen LogP contribution in [0, 0.1) is 10.8 Å². The first kappa shape index (κ1) is 18.3. The van der Waals surface area contributed by atoms with Crippen LogP contribution in [0.1, 0.15) is 54.4 Å². The standard InChI is InChI=1S/C15H30N2O2/c1-11(16)9-13(19)15(5,6)10-17-8-7-12(18)14(2,3)4/h11,17H,7-10,16H2,1-6H3. The van der Waals surface area contributed by atoms with Crippen LogP contribution in [0.4, 0.5) is 0 Å². The monoisotopic (exact) mass is 270 g/mol. The number of carbonyl (C=O) groups is 2. The quantitative estimate of drug-likeness (QED) is 0.661. The molecule has 0 aliphatic rings. The Balaban J connectivity index is 4.06. The molecule has 0 rings (SSSR count). The maximum atomic E-state index is 12.0. The third kappa shape index (κ3) is 7.43. The molecule has 4 heteroatoms. The zero-order chi connectivity index (χ0) is 15.3. The number of nitrogens with two attached hydrogens (primary N) is 1. The highest BCUT2D eigenvalue weighted by Crippen LogP contribution is 2.19. The summed E-state index contributed by atoms with van der Waals surface area (Å²) in [6.45, 7) is 12.6. The number of Topliss-reactive ketones (excluding diaryl/α,β-unsaturated/α-hetero) is 2. The van der Waals surface area contributed by atoms with Crippen molar-refractivity contribution in [3.63, 3.8) is 0 Å². The average Bonchev–Trinajstić information content (AvgIpc) is 2.21. The lowest BCUT2D eigenvalue weighted by Crippen LogP contribution is -2.39. The van der Waals surface area contributed by atoms with E-state index in [0.29, 0.717) is 25.9 Å². The van der Waals surface area contributed by atoms with Gasteiger partial charge in [0.15, 0.2) is 0 Å². The maximum Gasteiger partial charge on any atom is 0.141 e. The molecular weight excluding hydrogens is 240 g/mol. The summed E-state index contributed by atoms with van der Waals surface area (Å²) in [7, 11) is 0. The van der Waals surface area contributed by atoms with Gasteiger partial charge in [-0.1, -0.05) is 34.6 Å². The molecule has 0 saturated heterocycles. The summed E-state index contributed by atoms with van der Waals surface area (Å²) >= 11 is 0. The Hall–Kier alpha value is -0.740. The van der Waals surface area contributed by atoms with Gasteiger partial charge in [-0.15, -0.1) is 0 Å². The number of hydrogen-bond acceptors (Lipinski definition) is 4. The molecule has 0 aliphatic carbocycles. The van der Waals surface area contributed by atoms with E-state index < -0.39 is 5.41 Å². The fraction of sp³-hybridized carbons (Fsp3) is 0.867. The maximum absolute atomic E-state index is 12.0. The molecule has 0 fully saturated rings. The van der Waals surface area contributed by atoms with E-state index in [0.717, 1.165) is 0 Å². The number of rotatable bonds is 8. The Morgan fingerprint density at radius 1 is 1.11 bits per heavy atom. The fourth-order valence-electron chi connectivity index (χ4n) is 1.65. The van der Waals surface area contributed by atoms with Gasteiger partial charge in [0.05, 0.1) is 0 Å². The Labute approximate surface area is 117 Å². The first-order valence-electron chi connectivity index (χ1n) is 6.99. The summed E-state index contributed by atoms with van der Waals surface area (Å²) in [6.07, 6.45) is 0.899. The van der Waals surface area contributed by atoms with E-state index in [1.165, 1.54) is 0 Å². The lowest BCUT2D eigenvalue weighted by molar-refractivity contribution is -0.127. The molecule has 0 aromatic heterocycles. The second-order valence-electron chi connectivity index (χ2n) is 7.09. The number of ketones is 2. The highest BCUT2D eigenvalue weighted by molar-refractivity contribution is 5.85. The second-order valence-corrected chi connectivity index (χ2v) is 7.09. The van der Waals surface area contributed by atoms with E-state index in [9.17, 15) is 9.59 Å². The molecule has 0 aromatic carbocycles. The van der Waals surface area contributed by atoms with Crippen molar-refractivity contribution in [3.8, 4) is 0 Å². The van der Waals surface area contributed by atoms with Gasteiger partial charge in [-0.25, -0.2) is 0 Å². The van der Waals surface area contributed by atoms with Gasteiger partial charge in [0.2, 0.25) is 0 Å². The van der Waals surface area contributed by atoms with Gasteiger partial charge < -0.3 is 11.1 Å². The van der Waals surface area contributed by atoms with Crippen molar-refractivity contribution in [2.45, 2.75) is 60.4 Å². The predicted molar refractivity (Wildman–Crippen MR) is 79.0 cm³/mol. The van der Waals surface area contributed by atoms with Crippen LogP contribution in [-0.2, 0) is 9.59 Å². The van der Waals surface area contributed by atoms with Crippen molar-refractivity contribution in [2.75, 3.05) is 13.1 Å². The van der Waals surface area contributed by atoms with Gasteiger partial charge in [-0.05, 0) is 6.92 Å². The van der Waals surface area contributed by atoms with Crippen molar-refractivity contribution in [1.82, 2.24) is 5.32 Å². The lowest BCUT2D eigenvalue weighted by Gasteiger charge is -2.25. The Morgan fingerprint density at radius 2 is 1.63 bits per heavy atom. The normalized spacial score (nSPS) is 14.3. The molecule has 1 atom stereocenters. The Morgan fingerprint density at radius 3 is 2.05 bits per heavy atom. The molecule has 4 nitrogen and oxygen atoms in total. The fourth-order valence-corrected chi connectivity index (χ4v) is 1.65. The summed E-state index contributed by atoms with van der Waals surface area (Å²) in [6, 6.07) is -0.103. The molecule has 1 unspecified atom stereocenters. The minimum Gasteiger partial charge on any atom is -0.328 e. The van der Waals surface area contributed by atoms with E-state index >= 15 is 0 Å². The molecule has 0 radical (unpaired) electrons. The topological polar surface area (TPSA) is 72.2 Å². The van der Waals surface area contributed by atoms with Crippen molar-refractivity contribution in [1.29, 1.82) is 0 Å². The molecule has 0 amide bonds. The van der Waals surface area contributed by atoms with Crippen LogP contribution in [0.2, 0.25) is 0 Å². The van der Waals surface area contributed by atoms with E-state index in [1.807, 2.05) is 41.5 Å². The third-order valence-electron chi connectivity index (χ3n) is 3.19. The van der Waals surface area contributed by atoms with Crippen molar-refractivity contribution < 1.29 is 9.59 Å². The molecule has 0 aromatic rings. The van der Waals surface area contributed by atoms with Crippen LogP contribution in [0.25, 0.3) is 0 Å². The Bertz CT molecular complexity index is 315. The third-order valence-corrected chi connectivity index (χ3v) is 3.19. The van der Waals surface area contributed by atoms with E-state index in [1.54, 1.807) is 0 Å². The van der Waals surface area contributed by atoms with Crippen molar-refractivity contribution in [3.05, 3.63) is 0 Å². The SMILES string of the molecule is CC(N)CC(=O)C(C)(C)CNCCC(=O)C(C)(C)C. The van der Waals surface area contributed by atoms with E-state index in [-0.39, 0.29) is 23.0 Å². The van der Waals surface area contributed by atoms with Gasteiger partial charge in [0.1, 0.15) is 11.6 Å². The summed E-state index contributed by atoms with van der Waals surface area (Å²) < 4.78 is 0. The molecular formula is C15H30N2O2. The second kappa shape index (κ2) is 7.15. The van der Waals surface area contributed by atoms with Crippen molar-refractivity contribution in [2.24, 2.45) is 16.6 Å². The first-order valence-corrected chi connectivity index (χ1v) is 6.99. The van der Waals surface area contributed by atoms with Gasteiger partial charge in [-0.3, -0.25) is 9.59 Å². The first-order chi connectivity index (χ1) is 8.47. The van der Waals surface area contributed by atoms with Gasteiger partial charge in [0.25, 0.3) is 0 Å². The summed E-state index contributed by atoms with van der Waals surface area (Å²) in [4.78, 5) is 23.7. The molecule has 0 saturated carbocycles. The number of hydrogen-bond donors (Lipinski definition) is 2. The van der Waals surface area contributed by atoms with E-state index in [4.69, 9.17) is 5.73 Å². The van der Waals surface area contributed by atoms with Gasteiger partial charge in [0, 0.05) is 42.8 Å². The van der Waals surface area contributed by atoms with Crippen LogP contribution < -0.4 is 11.1 Å². The molecule has 0 bridgehead atoms. The summed E-state index contributed by atoms with van der Waals surface area (Å²) in [5.74, 6) is 0.400. The van der Waals surface area contributed by atoms with Crippen LogP contribution >= 0.6 is 0 Å². The molecule has 0 heterocycles. The average molecular weight is 270 g/mol. The molecule has 3 N–H and O–H groups in total. The highest BCUT2D eigenvalue weighted by Gasteiger charge is 2.27. The predicted octanol–water partition coefficient (Wildman–Crippen LogP) is 1.91. The number of nitrogens with one attached hydrogen (secondary N) is 1. The minimum atomic E-state index is -0.432. The zero-order valence-electron chi connectivity index (χ0n) is 13.3. The minimum absolute atomic E-state index is 0.103. The van der Waals surface area contributed by atoms with Crippen molar-refractivity contribution >= 4 is 11.6 Å². The highest BCUT2D eigenvalue weighted by atomic mass is 16.1. The smallest absolute Gasteiger partial charge is 0.141 e. The largest absolute Gasteiger partial charge is 0.328 e. The van der Waals surface area contributed by atoms with Crippen LogP contribution in [0.15, 0.2) is 0 Å². The van der Waals surface area contributed by atoms with Crippen LogP contribution in [0.5, 0.6) is 0 Å². The summed E-state index contributed by atoms with van der Waals surface area (Å²) in [5, 5.41) is 3.20. The molecule has 0 spiro atoms. The molecule has 19 heavy (non-hydrogen) atoms. The lowest BCUT2D eigenvalue weighted by atomic mass is 9.84.